The average molecular weight is 381 g/mol. The van der Waals surface area contributed by atoms with Crippen LogP contribution in [0.25, 0.3) is 0 Å². The Labute approximate surface area is 149 Å². The molecular formula is C16H10F3N3OS2. The summed E-state index contributed by atoms with van der Waals surface area (Å²) in [6.45, 7) is 0. The van der Waals surface area contributed by atoms with E-state index in [2.05, 4.69) is 15.5 Å². The molecule has 0 spiro atoms. The molecule has 1 amide bonds. The second kappa shape index (κ2) is 7.24. The van der Waals surface area contributed by atoms with Crippen LogP contribution in [0, 0.1) is 0 Å². The van der Waals surface area contributed by atoms with Gasteiger partial charge >= 0.3 is 6.18 Å². The summed E-state index contributed by atoms with van der Waals surface area (Å²) in [4.78, 5) is 13.1. The molecule has 0 saturated carbocycles. The fraction of sp³-hybridized carbons (Fsp3) is 0.0625. The van der Waals surface area contributed by atoms with E-state index in [9.17, 15) is 18.0 Å². The number of nitrogens with one attached hydrogen (secondary N) is 1. The molecule has 9 heteroatoms. The maximum atomic E-state index is 13.1. The molecule has 0 fully saturated rings. The predicted molar refractivity (Wildman–Crippen MR) is 89.9 cm³/mol. The van der Waals surface area contributed by atoms with Crippen LogP contribution in [0.15, 0.2) is 63.3 Å². The van der Waals surface area contributed by atoms with Gasteiger partial charge < -0.3 is 5.32 Å². The maximum absolute atomic E-state index is 13.1. The quantitative estimate of drug-likeness (QED) is 0.694. The highest BCUT2D eigenvalue weighted by Gasteiger charge is 2.34. The third-order valence-electron chi connectivity index (χ3n) is 3.15. The first-order valence-corrected chi connectivity index (χ1v) is 8.65. The summed E-state index contributed by atoms with van der Waals surface area (Å²) in [5.74, 6) is -0.821. The van der Waals surface area contributed by atoms with Crippen LogP contribution in [-0.4, -0.2) is 16.1 Å². The van der Waals surface area contributed by atoms with E-state index in [1.54, 1.807) is 29.8 Å². The molecule has 0 aliphatic carbocycles. The van der Waals surface area contributed by atoms with Crippen LogP contribution in [-0.2, 0) is 6.18 Å². The minimum Gasteiger partial charge on any atom is -0.321 e. The number of amides is 1. The van der Waals surface area contributed by atoms with Crippen LogP contribution in [0.4, 0.5) is 18.9 Å². The summed E-state index contributed by atoms with van der Waals surface area (Å²) in [5, 5.41) is 10.2. The molecule has 2 aromatic carbocycles. The Balaban J connectivity index is 1.88. The Kier molecular flexibility index (Phi) is 5.05. The number of hydrogen-bond donors (Lipinski definition) is 1. The summed E-state index contributed by atoms with van der Waals surface area (Å²) in [6, 6.07) is 11.5. The fourth-order valence-electron chi connectivity index (χ4n) is 2.08. The van der Waals surface area contributed by atoms with Crippen molar-refractivity contribution in [1.29, 1.82) is 0 Å². The van der Waals surface area contributed by atoms with Gasteiger partial charge in [0.25, 0.3) is 5.91 Å². The predicted octanol–water partition coefficient (Wildman–Crippen LogP) is 4.96. The number of hydrogen-bond acceptors (Lipinski definition) is 5. The molecule has 3 aromatic rings. The molecule has 0 atom stereocenters. The van der Waals surface area contributed by atoms with Gasteiger partial charge in [-0.1, -0.05) is 47.4 Å². The molecule has 1 heterocycles. The number of aromatic nitrogens is 2. The number of nitrogens with zero attached hydrogens (tertiary/aromatic N) is 2. The lowest BCUT2D eigenvalue weighted by molar-refractivity contribution is -0.137. The summed E-state index contributed by atoms with van der Waals surface area (Å²) >= 11 is 2.60. The van der Waals surface area contributed by atoms with Gasteiger partial charge in [0.1, 0.15) is 5.51 Å². The molecule has 0 saturated heterocycles. The molecule has 0 unspecified atom stereocenters. The van der Waals surface area contributed by atoms with Crippen molar-refractivity contribution in [2.45, 2.75) is 15.4 Å². The van der Waals surface area contributed by atoms with E-state index < -0.39 is 23.2 Å². The number of benzene rings is 2. The van der Waals surface area contributed by atoms with E-state index in [-0.39, 0.29) is 0 Å². The Bertz CT molecular complexity index is 882. The van der Waals surface area contributed by atoms with E-state index >= 15 is 0 Å². The highest BCUT2D eigenvalue weighted by molar-refractivity contribution is 8.01. The Morgan fingerprint density at radius 3 is 2.52 bits per heavy atom. The zero-order valence-electron chi connectivity index (χ0n) is 12.4. The summed E-state index contributed by atoms with van der Waals surface area (Å²) in [6.07, 6.45) is -4.60. The minimum absolute atomic E-state index is 0.407. The zero-order chi connectivity index (χ0) is 17.9. The van der Waals surface area contributed by atoms with Crippen LogP contribution in [0.2, 0.25) is 0 Å². The van der Waals surface area contributed by atoms with Gasteiger partial charge in [0.05, 0.1) is 16.8 Å². The third-order valence-corrected chi connectivity index (χ3v) is 5.00. The first-order chi connectivity index (χ1) is 11.9. The van der Waals surface area contributed by atoms with E-state index in [0.717, 1.165) is 12.1 Å². The van der Waals surface area contributed by atoms with Gasteiger partial charge in [-0.15, -0.1) is 10.2 Å². The highest BCUT2D eigenvalue weighted by atomic mass is 32.2. The number of alkyl halides is 3. The van der Waals surface area contributed by atoms with Gasteiger partial charge in [0.2, 0.25) is 0 Å². The van der Waals surface area contributed by atoms with Crippen LogP contribution in [0.5, 0.6) is 0 Å². The average Bonchev–Trinajstić information content (AvgIpc) is 3.09. The lowest BCUT2D eigenvalue weighted by atomic mass is 10.1. The number of carbonyl (C=O) groups excluding carboxylic acids is 1. The largest absolute Gasteiger partial charge is 0.417 e. The van der Waals surface area contributed by atoms with Gasteiger partial charge in [-0.2, -0.15) is 13.2 Å². The normalized spacial score (nSPS) is 11.3. The summed E-state index contributed by atoms with van der Waals surface area (Å²) in [5.41, 5.74) is 0.584. The SMILES string of the molecule is O=C(Nc1ccccc1Sc1nncs1)c1ccccc1C(F)(F)F. The zero-order valence-corrected chi connectivity index (χ0v) is 14.1. The number of halogens is 3. The molecule has 128 valence electrons. The smallest absolute Gasteiger partial charge is 0.321 e. The van der Waals surface area contributed by atoms with Crippen molar-refractivity contribution in [3.63, 3.8) is 0 Å². The maximum Gasteiger partial charge on any atom is 0.417 e. The first-order valence-electron chi connectivity index (χ1n) is 6.96. The van der Waals surface area contributed by atoms with Crippen LogP contribution >= 0.6 is 23.1 Å². The van der Waals surface area contributed by atoms with Crippen molar-refractivity contribution in [1.82, 2.24) is 10.2 Å². The first kappa shape index (κ1) is 17.4. The standard InChI is InChI=1S/C16H10F3N3OS2/c17-16(18,19)11-6-2-1-5-10(11)14(23)21-12-7-3-4-8-13(12)25-15-22-20-9-24-15/h1-9H,(H,21,23). The Hall–Kier alpha value is -2.39. The number of carbonyl (C=O) groups is 1. The lowest BCUT2D eigenvalue weighted by Gasteiger charge is -2.14. The molecule has 0 aliphatic rings. The molecule has 1 aromatic heterocycles. The number of para-hydroxylation sites is 1. The minimum atomic E-state index is -4.60. The van der Waals surface area contributed by atoms with Crippen molar-refractivity contribution in [2.24, 2.45) is 0 Å². The topological polar surface area (TPSA) is 54.9 Å². The number of rotatable bonds is 4. The van der Waals surface area contributed by atoms with Crippen LogP contribution in [0.3, 0.4) is 0 Å². The van der Waals surface area contributed by atoms with Crippen molar-refractivity contribution in [2.75, 3.05) is 5.32 Å². The van der Waals surface area contributed by atoms with Crippen LogP contribution in [0.1, 0.15) is 15.9 Å². The molecule has 1 N–H and O–H groups in total. The molecule has 3 rings (SSSR count). The monoisotopic (exact) mass is 381 g/mol. The van der Waals surface area contributed by atoms with Gasteiger partial charge in [-0.05, 0) is 24.3 Å². The third kappa shape index (κ3) is 4.18. The van der Waals surface area contributed by atoms with E-state index in [1.807, 2.05) is 0 Å². The molecule has 0 radical (unpaired) electrons. The van der Waals surface area contributed by atoms with E-state index in [0.29, 0.717) is 14.9 Å². The van der Waals surface area contributed by atoms with E-state index in [1.165, 1.54) is 35.2 Å². The molecule has 0 bridgehead atoms. The van der Waals surface area contributed by atoms with Crippen molar-refractivity contribution >= 4 is 34.7 Å². The van der Waals surface area contributed by atoms with Crippen molar-refractivity contribution in [3.8, 4) is 0 Å². The van der Waals surface area contributed by atoms with E-state index in [4.69, 9.17) is 0 Å². The van der Waals surface area contributed by atoms with Crippen LogP contribution < -0.4 is 5.32 Å². The van der Waals surface area contributed by atoms with Gasteiger partial charge in [0.15, 0.2) is 4.34 Å². The molecular weight excluding hydrogens is 371 g/mol. The Morgan fingerprint density at radius 1 is 1.08 bits per heavy atom. The second-order valence-corrected chi connectivity index (χ2v) is 6.92. The van der Waals surface area contributed by atoms with Gasteiger partial charge in [-0.25, -0.2) is 0 Å². The Morgan fingerprint density at radius 2 is 1.80 bits per heavy atom. The van der Waals surface area contributed by atoms with Crippen molar-refractivity contribution < 1.29 is 18.0 Å². The fourth-order valence-corrected chi connectivity index (χ4v) is 3.60. The molecule has 25 heavy (non-hydrogen) atoms. The molecule has 4 nitrogen and oxygen atoms in total. The molecule has 0 aliphatic heterocycles. The summed E-state index contributed by atoms with van der Waals surface area (Å²) < 4.78 is 39.9. The summed E-state index contributed by atoms with van der Waals surface area (Å²) in [7, 11) is 0. The lowest BCUT2D eigenvalue weighted by Crippen LogP contribution is -2.18. The van der Waals surface area contributed by atoms with Crippen molar-refractivity contribution in [3.05, 3.63) is 65.2 Å². The number of anilines is 1. The van der Waals surface area contributed by atoms with Gasteiger partial charge in [-0.3, -0.25) is 4.79 Å². The second-order valence-electron chi connectivity index (χ2n) is 4.80. The highest BCUT2D eigenvalue weighted by Crippen LogP contribution is 2.35. The van der Waals surface area contributed by atoms with Gasteiger partial charge in [0, 0.05) is 4.90 Å².